The number of nitrogens with zero attached hydrogens (tertiary/aromatic N) is 2. The Hall–Kier alpha value is -3.28. The minimum atomic E-state index is -4.67. The molecule has 244 valence electrons. The average molecular weight is 687 g/mol. The monoisotopic (exact) mass is 685 g/mol. The molecule has 0 aliphatic heterocycles. The average Bonchev–Trinajstić information content (AvgIpc) is 2.93. The van der Waals surface area contributed by atoms with Crippen molar-refractivity contribution in [1.29, 1.82) is 0 Å². The number of carbonyl (C=O) groups is 2. The van der Waals surface area contributed by atoms with Crippen LogP contribution < -0.4 is 9.62 Å². The smallest absolute Gasteiger partial charge is 0.350 e. The molecule has 1 N–H and O–H groups in total. The van der Waals surface area contributed by atoms with E-state index in [1.807, 2.05) is 51.1 Å². The van der Waals surface area contributed by atoms with Gasteiger partial charge in [-0.25, -0.2) is 8.42 Å². The first-order valence-corrected chi connectivity index (χ1v) is 16.7. The first-order chi connectivity index (χ1) is 20.8. The lowest BCUT2D eigenvalue weighted by molar-refractivity contribution is -0.142. The van der Waals surface area contributed by atoms with Gasteiger partial charge in [-0.2, -0.15) is 13.2 Å². The minimum Gasteiger partial charge on any atom is -0.350 e. The van der Waals surface area contributed by atoms with E-state index < -0.39 is 39.3 Å². The molecule has 0 aromatic heterocycles. The Morgan fingerprint density at radius 2 is 1.56 bits per heavy atom. The van der Waals surface area contributed by atoms with Crippen LogP contribution in [0.1, 0.15) is 50.3 Å². The van der Waals surface area contributed by atoms with Gasteiger partial charge < -0.3 is 10.2 Å². The first-order valence-electron chi connectivity index (χ1n) is 14.1. The van der Waals surface area contributed by atoms with Crippen molar-refractivity contribution < 1.29 is 31.2 Å². The summed E-state index contributed by atoms with van der Waals surface area (Å²) in [5.41, 5.74) is -0.344. The van der Waals surface area contributed by atoms with Gasteiger partial charge in [0.1, 0.15) is 6.04 Å². The molecule has 3 aromatic rings. The van der Waals surface area contributed by atoms with E-state index in [4.69, 9.17) is 23.2 Å². The number of hydrogen-bond donors (Lipinski definition) is 1. The molecule has 13 heteroatoms. The second-order valence-electron chi connectivity index (χ2n) is 11.7. The highest BCUT2D eigenvalue weighted by Crippen LogP contribution is 2.32. The highest BCUT2D eigenvalue weighted by Gasteiger charge is 2.33. The second-order valence-corrected chi connectivity index (χ2v) is 14.4. The maximum Gasteiger partial charge on any atom is 0.416 e. The van der Waals surface area contributed by atoms with E-state index in [9.17, 15) is 31.2 Å². The number of benzene rings is 3. The summed E-state index contributed by atoms with van der Waals surface area (Å²) in [6.07, 6.45) is -3.81. The molecule has 0 radical (unpaired) electrons. The SMILES string of the molecule is CC(C)(C)NC(=O)[C@@H](Cc1ccccc1)N(Cc1ccc(Cl)c(Cl)c1)C(=O)CCCN(c1cccc(C(F)(F)F)c1)S(C)(=O)=O. The number of hydrogen-bond acceptors (Lipinski definition) is 4. The molecule has 1 atom stereocenters. The van der Waals surface area contributed by atoms with Crippen molar-refractivity contribution in [2.24, 2.45) is 0 Å². The predicted octanol–water partition coefficient (Wildman–Crippen LogP) is 7.11. The van der Waals surface area contributed by atoms with Crippen LogP contribution in [-0.2, 0) is 38.8 Å². The number of amides is 2. The molecule has 0 bridgehead atoms. The number of alkyl halides is 3. The summed E-state index contributed by atoms with van der Waals surface area (Å²) in [4.78, 5) is 29.0. The second kappa shape index (κ2) is 14.9. The standard InChI is InChI=1S/C32H36Cl2F3N3O4S/c1-31(2,3)38-30(42)28(19-22-10-6-5-7-11-22)39(21-23-15-16-26(33)27(34)18-23)29(41)14-9-17-40(45(4,43)44)25-13-8-12-24(20-25)32(35,36)37/h5-8,10-13,15-16,18,20,28H,9,14,17,19,21H2,1-4H3,(H,38,42)/t28-/m1/s1. The summed E-state index contributed by atoms with van der Waals surface area (Å²) in [5, 5.41) is 3.54. The number of rotatable bonds is 12. The topological polar surface area (TPSA) is 86.8 Å². The van der Waals surface area contributed by atoms with E-state index in [1.165, 1.54) is 11.0 Å². The van der Waals surface area contributed by atoms with Gasteiger partial charge in [-0.1, -0.05) is 65.7 Å². The van der Waals surface area contributed by atoms with Gasteiger partial charge in [-0.3, -0.25) is 13.9 Å². The molecule has 0 aliphatic rings. The summed E-state index contributed by atoms with van der Waals surface area (Å²) in [6.45, 7) is 5.20. The van der Waals surface area contributed by atoms with Crippen molar-refractivity contribution in [2.75, 3.05) is 17.1 Å². The molecule has 0 heterocycles. The van der Waals surface area contributed by atoms with Crippen LogP contribution in [0.5, 0.6) is 0 Å². The van der Waals surface area contributed by atoms with Crippen LogP contribution in [-0.4, -0.2) is 49.5 Å². The van der Waals surface area contributed by atoms with E-state index in [0.29, 0.717) is 10.6 Å². The number of sulfonamides is 1. The molecule has 45 heavy (non-hydrogen) atoms. The molecule has 0 aliphatic carbocycles. The largest absolute Gasteiger partial charge is 0.416 e. The number of nitrogens with one attached hydrogen (secondary N) is 1. The molecule has 0 spiro atoms. The van der Waals surface area contributed by atoms with Gasteiger partial charge in [0.25, 0.3) is 0 Å². The molecule has 0 saturated carbocycles. The van der Waals surface area contributed by atoms with Crippen molar-refractivity contribution >= 4 is 50.7 Å². The Bertz CT molecular complexity index is 1600. The number of anilines is 1. The lowest BCUT2D eigenvalue weighted by Crippen LogP contribution is -2.54. The van der Waals surface area contributed by atoms with Gasteiger partial charge in [-0.15, -0.1) is 0 Å². The zero-order chi connectivity index (χ0) is 33.6. The van der Waals surface area contributed by atoms with E-state index >= 15 is 0 Å². The molecule has 3 rings (SSSR count). The van der Waals surface area contributed by atoms with Gasteiger partial charge in [0.2, 0.25) is 21.8 Å². The summed E-state index contributed by atoms with van der Waals surface area (Å²) in [6, 6.07) is 17.1. The Labute approximate surface area is 272 Å². The number of carbonyl (C=O) groups excluding carboxylic acids is 2. The van der Waals surface area contributed by atoms with Crippen molar-refractivity contribution in [3.05, 3.63) is 99.5 Å². The van der Waals surface area contributed by atoms with Crippen LogP contribution in [0.3, 0.4) is 0 Å². The highest BCUT2D eigenvalue weighted by molar-refractivity contribution is 7.92. The summed E-state index contributed by atoms with van der Waals surface area (Å²) in [7, 11) is -4.00. The fourth-order valence-corrected chi connectivity index (χ4v) is 5.96. The normalized spacial score (nSPS) is 12.8. The Balaban J connectivity index is 1.94. The summed E-state index contributed by atoms with van der Waals surface area (Å²) in [5.74, 6) is -0.843. The first kappa shape index (κ1) is 36.2. The lowest BCUT2D eigenvalue weighted by Gasteiger charge is -2.34. The third-order valence-electron chi connectivity index (χ3n) is 6.72. The predicted molar refractivity (Wildman–Crippen MR) is 172 cm³/mol. The van der Waals surface area contributed by atoms with Gasteiger partial charge in [0.05, 0.1) is 27.6 Å². The van der Waals surface area contributed by atoms with E-state index in [-0.39, 0.29) is 49.0 Å². The van der Waals surface area contributed by atoms with Crippen molar-refractivity contribution in [2.45, 2.75) is 64.3 Å². The van der Waals surface area contributed by atoms with Crippen LogP contribution in [0.15, 0.2) is 72.8 Å². The van der Waals surface area contributed by atoms with Crippen molar-refractivity contribution in [3.63, 3.8) is 0 Å². The molecule has 2 amide bonds. The zero-order valence-corrected chi connectivity index (χ0v) is 27.7. The van der Waals surface area contributed by atoms with E-state index in [0.717, 1.165) is 34.3 Å². The van der Waals surface area contributed by atoms with Crippen molar-refractivity contribution in [1.82, 2.24) is 10.2 Å². The Morgan fingerprint density at radius 1 is 0.889 bits per heavy atom. The fourth-order valence-electron chi connectivity index (χ4n) is 4.68. The third kappa shape index (κ3) is 10.9. The van der Waals surface area contributed by atoms with E-state index in [2.05, 4.69) is 5.32 Å². The molecule has 0 unspecified atom stereocenters. The zero-order valence-electron chi connectivity index (χ0n) is 25.4. The molecular formula is C32H36Cl2F3N3O4S. The maximum absolute atomic E-state index is 13.9. The maximum atomic E-state index is 13.9. The molecule has 0 saturated heterocycles. The lowest BCUT2D eigenvalue weighted by atomic mass is 10.00. The van der Waals surface area contributed by atoms with Gasteiger partial charge in [0, 0.05) is 31.5 Å². The summed E-state index contributed by atoms with van der Waals surface area (Å²) < 4.78 is 66.1. The number of halogens is 5. The molecule has 3 aromatic carbocycles. The van der Waals surface area contributed by atoms with Gasteiger partial charge in [0.15, 0.2) is 0 Å². The molecule has 7 nitrogen and oxygen atoms in total. The van der Waals surface area contributed by atoms with Crippen molar-refractivity contribution in [3.8, 4) is 0 Å². The Morgan fingerprint density at radius 3 is 2.13 bits per heavy atom. The van der Waals surface area contributed by atoms with Crippen LogP contribution in [0, 0.1) is 0 Å². The summed E-state index contributed by atoms with van der Waals surface area (Å²) >= 11 is 12.3. The highest BCUT2D eigenvalue weighted by atomic mass is 35.5. The van der Waals surface area contributed by atoms with Crippen LogP contribution in [0.4, 0.5) is 18.9 Å². The minimum absolute atomic E-state index is 0.00575. The van der Waals surface area contributed by atoms with Gasteiger partial charge >= 0.3 is 6.18 Å². The molecular weight excluding hydrogens is 650 g/mol. The quantitative estimate of drug-likeness (QED) is 0.220. The van der Waals surface area contributed by atoms with Crippen LogP contribution in [0.2, 0.25) is 10.0 Å². The Kier molecular flexibility index (Phi) is 12.0. The van der Waals surface area contributed by atoms with Crippen LogP contribution >= 0.6 is 23.2 Å². The third-order valence-corrected chi connectivity index (χ3v) is 8.65. The molecule has 0 fully saturated rings. The fraction of sp³-hybridized carbons (Fsp3) is 0.375. The van der Waals surface area contributed by atoms with E-state index in [1.54, 1.807) is 18.2 Å². The van der Waals surface area contributed by atoms with Crippen LogP contribution in [0.25, 0.3) is 0 Å². The van der Waals surface area contributed by atoms with Gasteiger partial charge in [-0.05, 0) is 68.7 Å².